The minimum Gasteiger partial charge on any atom is -0.480 e. The van der Waals surface area contributed by atoms with Crippen molar-refractivity contribution in [1.82, 2.24) is 5.32 Å². The molecule has 0 aromatic heterocycles. The van der Waals surface area contributed by atoms with Crippen LogP contribution in [0.3, 0.4) is 0 Å². The summed E-state index contributed by atoms with van der Waals surface area (Å²) in [5.41, 5.74) is 1.05. The summed E-state index contributed by atoms with van der Waals surface area (Å²) in [6.45, 7) is 2.02. The number of amides is 1. The molecule has 1 aromatic carbocycles. The van der Waals surface area contributed by atoms with Gasteiger partial charge in [-0.2, -0.15) is 24.4 Å². The highest BCUT2D eigenvalue weighted by Gasteiger charge is 2.24. The van der Waals surface area contributed by atoms with Crippen LogP contribution in [-0.2, 0) is 16.0 Å². The maximum Gasteiger partial charge on any atom is 0.326 e. The summed E-state index contributed by atoms with van der Waals surface area (Å²) in [5, 5.41) is 11.9. The first-order chi connectivity index (χ1) is 10.6. The molecule has 1 rings (SSSR count). The van der Waals surface area contributed by atoms with E-state index in [0.29, 0.717) is 18.6 Å². The molecule has 6 heteroatoms. The highest BCUT2D eigenvalue weighted by Crippen LogP contribution is 2.12. The maximum atomic E-state index is 12.3. The molecule has 122 valence electrons. The van der Waals surface area contributed by atoms with Gasteiger partial charge >= 0.3 is 5.97 Å². The third-order valence-corrected chi connectivity index (χ3v) is 4.66. The minimum absolute atomic E-state index is 0.243. The molecule has 0 aliphatic heterocycles. The normalized spacial score (nSPS) is 13.4. The molecule has 0 aliphatic carbocycles. The zero-order valence-corrected chi connectivity index (χ0v) is 14.4. The SMILES string of the molecule is CCSCC[C@H](NC(=O)[C@H](CS)Cc1ccccc1)C(=O)O. The minimum atomic E-state index is -0.984. The van der Waals surface area contributed by atoms with Crippen LogP contribution >= 0.6 is 24.4 Å². The number of aliphatic carboxylic acids is 1. The molecule has 1 aromatic rings. The van der Waals surface area contributed by atoms with E-state index < -0.39 is 12.0 Å². The lowest BCUT2D eigenvalue weighted by Crippen LogP contribution is -2.44. The zero-order chi connectivity index (χ0) is 16.4. The van der Waals surface area contributed by atoms with E-state index in [0.717, 1.165) is 17.1 Å². The molecule has 4 nitrogen and oxygen atoms in total. The Morgan fingerprint density at radius 2 is 2.00 bits per heavy atom. The fourth-order valence-corrected chi connectivity index (χ4v) is 3.02. The fourth-order valence-electron chi connectivity index (χ4n) is 2.03. The molecule has 0 bridgehead atoms. The Morgan fingerprint density at radius 3 is 2.55 bits per heavy atom. The van der Waals surface area contributed by atoms with Gasteiger partial charge < -0.3 is 10.4 Å². The first-order valence-electron chi connectivity index (χ1n) is 7.34. The second kappa shape index (κ2) is 10.6. The Hall–Kier alpha value is -1.14. The van der Waals surface area contributed by atoms with Gasteiger partial charge in [-0.15, -0.1) is 0 Å². The number of thioether (sulfide) groups is 1. The summed E-state index contributed by atoms with van der Waals surface area (Å²) in [5.74, 6) is 0.490. The average Bonchev–Trinajstić information content (AvgIpc) is 2.52. The van der Waals surface area contributed by atoms with E-state index in [1.807, 2.05) is 37.3 Å². The highest BCUT2D eigenvalue weighted by molar-refractivity contribution is 7.99. The monoisotopic (exact) mass is 341 g/mol. The first-order valence-corrected chi connectivity index (χ1v) is 9.12. The summed E-state index contributed by atoms with van der Waals surface area (Å²) in [6.07, 6.45) is 0.996. The Labute approximate surface area is 141 Å². The number of hydrogen-bond acceptors (Lipinski definition) is 4. The van der Waals surface area contributed by atoms with Crippen LogP contribution < -0.4 is 5.32 Å². The molecule has 22 heavy (non-hydrogen) atoms. The summed E-state index contributed by atoms with van der Waals surface area (Å²) in [6, 6.07) is 8.85. The van der Waals surface area contributed by atoms with Crippen molar-refractivity contribution >= 4 is 36.3 Å². The topological polar surface area (TPSA) is 66.4 Å². The third-order valence-electron chi connectivity index (χ3n) is 3.29. The summed E-state index contributed by atoms with van der Waals surface area (Å²) < 4.78 is 0. The Bertz CT molecular complexity index is 468. The highest BCUT2D eigenvalue weighted by atomic mass is 32.2. The molecule has 0 fully saturated rings. The molecule has 0 spiro atoms. The van der Waals surface area contributed by atoms with Crippen molar-refractivity contribution in [2.75, 3.05) is 17.3 Å². The molecular formula is C16H23NO3S2. The number of rotatable bonds is 10. The standard InChI is InChI=1S/C16H23NO3S2/c1-2-22-9-8-14(16(19)20)17-15(18)13(11-21)10-12-6-4-3-5-7-12/h3-7,13-14,21H,2,8-11H2,1H3,(H,17,18)(H,19,20)/t13-,14-/m0/s1. The van der Waals surface area contributed by atoms with Gasteiger partial charge in [-0.3, -0.25) is 4.79 Å². The third kappa shape index (κ3) is 6.75. The van der Waals surface area contributed by atoms with Gasteiger partial charge in [-0.1, -0.05) is 37.3 Å². The van der Waals surface area contributed by atoms with Gasteiger partial charge in [0.2, 0.25) is 5.91 Å². The molecular weight excluding hydrogens is 318 g/mol. The summed E-state index contributed by atoms with van der Waals surface area (Å²) >= 11 is 5.90. The quantitative estimate of drug-likeness (QED) is 0.452. The van der Waals surface area contributed by atoms with Gasteiger partial charge in [0, 0.05) is 5.75 Å². The number of thiol groups is 1. The number of carbonyl (C=O) groups excluding carboxylic acids is 1. The number of carboxylic acid groups (broad SMARTS) is 1. The van der Waals surface area contributed by atoms with Crippen molar-refractivity contribution in [3.05, 3.63) is 35.9 Å². The van der Waals surface area contributed by atoms with Gasteiger partial charge in [0.25, 0.3) is 0 Å². The predicted molar refractivity (Wildman–Crippen MR) is 94.7 cm³/mol. The second-order valence-corrected chi connectivity index (χ2v) is 6.71. The van der Waals surface area contributed by atoms with Crippen LogP contribution in [-0.4, -0.2) is 40.3 Å². The van der Waals surface area contributed by atoms with E-state index in [2.05, 4.69) is 17.9 Å². The lowest BCUT2D eigenvalue weighted by Gasteiger charge is -2.19. The Balaban J connectivity index is 2.59. The summed E-state index contributed by atoms with van der Waals surface area (Å²) in [7, 11) is 0. The zero-order valence-electron chi connectivity index (χ0n) is 12.7. The van der Waals surface area contributed by atoms with E-state index in [4.69, 9.17) is 0 Å². The van der Waals surface area contributed by atoms with E-state index in [1.54, 1.807) is 11.8 Å². The lowest BCUT2D eigenvalue weighted by atomic mass is 9.99. The molecule has 0 saturated carbocycles. The molecule has 0 unspecified atom stereocenters. The molecule has 0 heterocycles. The second-order valence-electron chi connectivity index (χ2n) is 4.95. The average molecular weight is 341 g/mol. The number of carbonyl (C=O) groups is 2. The Morgan fingerprint density at radius 1 is 1.32 bits per heavy atom. The molecule has 1 amide bonds. The lowest BCUT2D eigenvalue weighted by molar-refractivity contribution is -0.142. The first kappa shape index (κ1) is 18.9. The molecule has 2 N–H and O–H groups in total. The van der Waals surface area contributed by atoms with Crippen LogP contribution in [0.25, 0.3) is 0 Å². The predicted octanol–water partition coefficient (Wildman–Crippen LogP) is 2.49. The largest absolute Gasteiger partial charge is 0.480 e. The number of benzene rings is 1. The molecule has 0 aliphatic rings. The van der Waals surface area contributed by atoms with E-state index in [9.17, 15) is 14.7 Å². The van der Waals surface area contributed by atoms with Crippen molar-refractivity contribution < 1.29 is 14.7 Å². The van der Waals surface area contributed by atoms with Gasteiger partial charge in [0.05, 0.1) is 5.92 Å². The van der Waals surface area contributed by atoms with Gasteiger partial charge in [-0.05, 0) is 29.9 Å². The fraction of sp³-hybridized carbons (Fsp3) is 0.500. The van der Waals surface area contributed by atoms with Crippen molar-refractivity contribution in [3.63, 3.8) is 0 Å². The number of hydrogen-bond donors (Lipinski definition) is 3. The van der Waals surface area contributed by atoms with Crippen LogP contribution in [0.1, 0.15) is 18.9 Å². The van der Waals surface area contributed by atoms with E-state index >= 15 is 0 Å². The van der Waals surface area contributed by atoms with Crippen molar-refractivity contribution in [3.8, 4) is 0 Å². The summed E-state index contributed by atoms with van der Waals surface area (Å²) in [4.78, 5) is 23.6. The van der Waals surface area contributed by atoms with Gasteiger partial charge in [0.1, 0.15) is 6.04 Å². The van der Waals surface area contributed by atoms with E-state index in [1.165, 1.54) is 0 Å². The van der Waals surface area contributed by atoms with E-state index in [-0.39, 0.29) is 11.8 Å². The van der Waals surface area contributed by atoms with Crippen molar-refractivity contribution in [2.45, 2.75) is 25.8 Å². The van der Waals surface area contributed by atoms with Gasteiger partial charge in [0.15, 0.2) is 0 Å². The Kier molecular flexibility index (Phi) is 9.08. The van der Waals surface area contributed by atoms with Gasteiger partial charge in [-0.25, -0.2) is 4.79 Å². The number of nitrogens with one attached hydrogen (secondary N) is 1. The molecule has 0 radical (unpaired) electrons. The van der Waals surface area contributed by atoms with Crippen LogP contribution in [0.15, 0.2) is 30.3 Å². The maximum absolute atomic E-state index is 12.3. The van der Waals surface area contributed by atoms with Crippen LogP contribution in [0.2, 0.25) is 0 Å². The molecule has 0 saturated heterocycles. The van der Waals surface area contributed by atoms with Crippen LogP contribution in [0, 0.1) is 5.92 Å². The van der Waals surface area contributed by atoms with Crippen LogP contribution in [0.4, 0.5) is 0 Å². The number of carboxylic acids is 1. The smallest absolute Gasteiger partial charge is 0.326 e. The van der Waals surface area contributed by atoms with Crippen LogP contribution in [0.5, 0.6) is 0 Å². The molecule has 2 atom stereocenters. The van der Waals surface area contributed by atoms with Crippen molar-refractivity contribution in [2.24, 2.45) is 5.92 Å². The van der Waals surface area contributed by atoms with Crippen molar-refractivity contribution in [1.29, 1.82) is 0 Å².